The summed E-state index contributed by atoms with van der Waals surface area (Å²) in [5.74, 6) is 1.02. The Kier molecular flexibility index (Phi) is 8.85. The molecule has 37 heavy (non-hydrogen) atoms. The number of hydrogen-bond acceptors (Lipinski definition) is 5. The lowest BCUT2D eigenvalue weighted by molar-refractivity contribution is -0.123. The highest BCUT2D eigenvalue weighted by Gasteiger charge is 2.36. The van der Waals surface area contributed by atoms with Crippen molar-refractivity contribution in [1.29, 1.82) is 0 Å². The minimum atomic E-state index is -0.0801. The van der Waals surface area contributed by atoms with Gasteiger partial charge in [0.05, 0.1) is 27.7 Å². The molecule has 8 heteroatoms. The van der Waals surface area contributed by atoms with Crippen molar-refractivity contribution in [2.75, 3.05) is 7.11 Å². The molecule has 5 nitrogen and oxygen atoms in total. The number of nitrogens with zero attached hydrogens (tertiary/aromatic N) is 2. The Balaban J connectivity index is 1.68. The van der Waals surface area contributed by atoms with Crippen LogP contribution in [-0.2, 0) is 11.4 Å². The van der Waals surface area contributed by atoms with E-state index in [1.54, 1.807) is 24.1 Å². The molecule has 1 amide bonds. The van der Waals surface area contributed by atoms with Gasteiger partial charge in [-0.1, -0.05) is 66.0 Å². The van der Waals surface area contributed by atoms with Crippen LogP contribution in [0.15, 0.2) is 70.6 Å². The van der Waals surface area contributed by atoms with E-state index < -0.39 is 0 Å². The molecule has 4 rings (SSSR count). The fourth-order valence-corrected chi connectivity index (χ4v) is 5.15. The minimum Gasteiger partial charge on any atom is -0.493 e. The topological polar surface area (TPSA) is 51.1 Å². The van der Waals surface area contributed by atoms with E-state index in [2.05, 4.69) is 6.92 Å². The third-order valence-electron chi connectivity index (χ3n) is 6.01. The number of para-hydroxylation sites is 1. The van der Waals surface area contributed by atoms with Crippen molar-refractivity contribution in [3.63, 3.8) is 0 Å². The van der Waals surface area contributed by atoms with E-state index in [9.17, 15) is 4.79 Å². The average molecular weight is 556 g/mol. The normalized spacial score (nSPS) is 16.5. The zero-order valence-electron chi connectivity index (χ0n) is 21.1. The van der Waals surface area contributed by atoms with E-state index in [1.165, 1.54) is 11.8 Å². The number of methoxy groups -OCH3 is 1. The number of aryl methyl sites for hydroxylation is 1. The van der Waals surface area contributed by atoms with Crippen molar-refractivity contribution < 1.29 is 14.3 Å². The van der Waals surface area contributed by atoms with Gasteiger partial charge in [0.1, 0.15) is 6.61 Å². The number of ether oxygens (including phenoxy) is 2. The van der Waals surface area contributed by atoms with Crippen LogP contribution in [0.5, 0.6) is 11.5 Å². The van der Waals surface area contributed by atoms with Gasteiger partial charge in [-0.25, -0.2) is 4.99 Å². The van der Waals surface area contributed by atoms with Gasteiger partial charge in [0, 0.05) is 11.6 Å². The van der Waals surface area contributed by atoms with Crippen LogP contribution in [-0.4, -0.2) is 29.1 Å². The lowest BCUT2D eigenvalue weighted by Gasteiger charge is -2.22. The number of amides is 1. The number of carbonyl (C=O) groups excluding carboxylic acids is 1. The largest absolute Gasteiger partial charge is 0.493 e. The van der Waals surface area contributed by atoms with Crippen LogP contribution in [0.25, 0.3) is 6.08 Å². The van der Waals surface area contributed by atoms with Crippen LogP contribution in [0.2, 0.25) is 10.0 Å². The first-order valence-electron chi connectivity index (χ1n) is 11.9. The quantitative estimate of drug-likeness (QED) is 0.263. The Labute approximate surface area is 232 Å². The van der Waals surface area contributed by atoms with E-state index in [-0.39, 0.29) is 18.6 Å². The molecule has 1 atom stereocenters. The Bertz CT molecular complexity index is 1360. The number of aliphatic imine (C=N–C) groups is 1. The summed E-state index contributed by atoms with van der Waals surface area (Å²) in [5.41, 5.74) is 3.56. The van der Waals surface area contributed by atoms with Crippen LogP contribution in [0.4, 0.5) is 5.69 Å². The molecule has 0 aliphatic carbocycles. The van der Waals surface area contributed by atoms with Crippen molar-refractivity contribution in [3.8, 4) is 11.5 Å². The van der Waals surface area contributed by atoms with Crippen molar-refractivity contribution in [2.45, 2.75) is 39.8 Å². The maximum atomic E-state index is 13.5. The summed E-state index contributed by atoms with van der Waals surface area (Å²) in [6.45, 7) is 6.38. The fraction of sp³-hybridized carbons (Fsp3) is 0.241. The fourth-order valence-electron chi connectivity index (χ4n) is 3.75. The third kappa shape index (κ3) is 6.32. The van der Waals surface area contributed by atoms with Crippen LogP contribution in [0.3, 0.4) is 0 Å². The summed E-state index contributed by atoms with van der Waals surface area (Å²) in [4.78, 5) is 20.7. The number of rotatable bonds is 8. The maximum Gasteiger partial charge on any atom is 0.267 e. The Morgan fingerprint density at radius 3 is 2.51 bits per heavy atom. The zero-order valence-corrected chi connectivity index (χ0v) is 23.5. The molecular weight excluding hydrogens is 527 g/mol. The number of carbonyl (C=O) groups is 1. The van der Waals surface area contributed by atoms with Crippen molar-refractivity contribution in [1.82, 2.24) is 4.90 Å². The first-order valence-corrected chi connectivity index (χ1v) is 13.5. The molecule has 1 heterocycles. The van der Waals surface area contributed by atoms with Gasteiger partial charge >= 0.3 is 0 Å². The van der Waals surface area contributed by atoms with Gasteiger partial charge in [-0.3, -0.25) is 9.69 Å². The molecule has 3 aromatic carbocycles. The third-order valence-corrected chi connectivity index (χ3v) is 7.73. The Morgan fingerprint density at radius 1 is 1.08 bits per heavy atom. The van der Waals surface area contributed by atoms with E-state index >= 15 is 0 Å². The lowest BCUT2D eigenvalue weighted by atomic mass is 10.1. The number of halogens is 2. The highest BCUT2D eigenvalue weighted by Crippen LogP contribution is 2.39. The van der Waals surface area contributed by atoms with E-state index in [0.717, 1.165) is 28.8 Å². The second-order valence-corrected chi connectivity index (χ2v) is 10.5. The first kappa shape index (κ1) is 27.1. The molecule has 0 saturated carbocycles. The Morgan fingerprint density at radius 2 is 1.84 bits per heavy atom. The zero-order chi connectivity index (χ0) is 26.5. The monoisotopic (exact) mass is 554 g/mol. The summed E-state index contributed by atoms with van der Waals surface area (Å²) in [6.07, 6.45) is 2.65. The minimum absolute atomic E-state index is 0.00535. The number of benzene rings is 3. The summed E-state index contributed by atoms with van der Waals surface area (Å²) < 4.78 is 11.7. The molecule has 192 valence electrons. The molecule has 3 aromatic rings. The molecule has 0 bridgehead atoms. The predicted molar refractivity (Wildman–Crippen MR) is 154 cm³/mol. The molecule has 0 N–H and O–H groups in total. The summed E-state index contributed by atoms with van der Waals surface area (Å²) >= 11 is 13.6. The summed E-state index contributed by atoms with van der Waals surface area (Å²) in [7, 11) is 1.59. The Hall–Kier alpha value is -2.93. The summed E-state index contributed by atoms with van der Waals surface area (Å²) in [5, 5.41) is 1.61. The number of thioether (sulfide) groups is 1. The standard InChI is InChI=1S/C29H28Cl2N2O3S/c1-5-19(3)33-28(34)26(37-29(33)32-22-12-9-18(2)10-13-22)16-21-7-6-8-25(35-4)27(21)36-17-20-11-14-23(30)24(31)15-20/h6-16,19H,5,17H2,1-4H3/b26-16+,32-29?/t19-/m1/s1. The molecule has 0 unspecified atom stereocenters. The van der Waals surface area contributed by atoms with Gasteiger partial charge in [0.25, 0.3) is 5.91 Å². The molecular formula is C29H28Cl2N2O3S. The van der Waals surface area contributed by atoms with Crippen LogP contribution in [0.1, 0.15) is 37.0 Å². The highest BCUT2D eigenvalue weighted by atomic mass is 35.5. The van der Waals surface area contributed by atoms with Crippen molar-refractivity contribution in [2.24, 2.45) is 4.99 Å². The maximum absolute atomic E-state index is 13.5. The second kappa shape index (κ2) is 12.1. The molecule has 0 aromatic heterocycles. The lowest BCUT2D eigenvalue weighted by Crippen LogP contribution is -2.36. The molecule has 0 spiro atoms. The molecule has 1 aliphatic heterocycles. The van der Waals surface area contributed by atoms with Gasteiger partial charge in [-0.05, 0) is 74.0 Å². The van der Waals surface area contributed by atoms with Gasteiger partial charge in [0.15, 0.2) is 16.7 Å². The van der Waals surface area contributed by atoms with Gasteiger partial charge in [0.2, 0.25) is 0 Å². The average Bonchev–Trinajstić information content (AvgIpc) is 3.20. The highest BCUT2D eigenvalue weighted by molar-refractivity contribution is 8.18. The van der Waals surface area contributed by atoms with E-state index in [0.29, 0.717) is 31.6 Å². The molecule has 1 aliphatic rings. The molecule has 0 radical (unpaired) electrons. The molecule has 1 fully saturated rings. The predicted octanol–water partition coefficient (Wildman–Crippen LogP) is 8.29. The molecule has 1 saturated heterocycles. The van der Waals surface area contributed by atoms with E-state index in [4.69, 9.17) is 37.7 Å². The number of hydrogen-bond donors (Lipinski definition) is 0. The van der Waals surface area contributed by atoms with Crippen molar-refractivity contribution >= 4 is 57.8 Å². The van der Waals surface area contributed by atoms with Gasteiger partial charge in [-0.2, -0.15) is 0 Å². The smallest absolute Gasteiger partial charge is 0.267 e. The SMILES string of the molecule is CC[C@@H](C)N1C(=O)/C(=C\c2cccc(OC)c2OCc2ccc(Cl)c(Cl)c2)SC1=Nc1ccc(C)cc1. The first-order chi connectivity index (χ1) is 17.8. The van der Waals surface area contributed by atoms with Crippen LogP contribution >= 0.6 is 35.0 Å². The second-order valence-electron chi connectivity index (χ2n) is 8.69. The van der Waals surface area contributed by atoms with Crippen LogP contribution in [0, 0.1) is 6.92 Å². The van der Waals surface area contributed by atoms with Gasteiger partial charge in [-0.15, -0.1) is 0 Å². The van der Waals surface area contributed by atoms with E-state index in [1.807, 2.05) is 68.5 Å². The van der Waals surface area contributed by atoms with Crippen LogP contribution < -0.4 is 9.47 Å². The summed E-state index contributed by atoms with van der Waals surface area (Å²) in [6, 6.07) is 18.9. The van der Waals surface area contributed by atoms with Gasteiger partial charge < -0.3 is 9.47 Å². The van der Waals surface area contributed by atoms with Crippen molar-refractivity contribution in [3.05, 3.63) is 92.3 Å². The number of amidine groups is 1.